The van der Waals surface area contributed by atoms with Gasteiger partial charge in [-0.1, -0.05) is 273 Å². The summed E-state index contributed by atoms with van der Waals surface area (Å²) in [4.78, 5) is 128. The van der Waals surface area contributed by atoms with Crippen LogP contribution in [0.4, 0.5) is 0 Å². The van der Waals surface area contributed by atoms with Gasteiger partial charge in [0.25, 0.3) is 0 Å². The third-order valence-corrected chi connectivity index (χ3v) is 22.7. The van der Waals surface area contributed by atoms with Gasteiger partial charge in [-0.15, -0.1) is 0 Å². The van der Waals surface area contributed by atoms with Crippen LogP contribution in [0.2, 0.25) is 0 Å². The molecule has 0 aliphatic heterocycles. The molecule has 0 heterocycles. The highest BCUT2D eigenvalue weighted by Gasteiger charge is 2.36. The monoisotopic (exact) mass is 1650 g/mol. The van der Waals surface area contributed by atoms with E-state index in [1.54, 1.807) is 0 Å². The van der Waals surface area contributed by atoms with Crippen molar-refractivity contribution in [1.82, 2.24) is 0 Å². The maximum atomic E-state index is 13.6. The van der Waals surface area contributed by atoms with Gasteiger partial charge in [0, 0.05) is 53.4 Å². The van der Waals surface area contributed by atoms with Crippen molar-refractivity contribution in [1.29, 1.82) is 0 Å². The van der Waals surface area contributed by atoms with E-state index in [1.165, 1.54) is 156 Å². The predicted molar refractivity (Wildman–Crippen MR) is 462 cm³/mol. The first-order chi connectivity index (χ1) is 56.1. The Hall–Kier alpha value is -5.30. The van der Waals surface area contributed by atoms with Crippen molar-refractivity contribution in [3.05, 3.63) is 0 Å². The number of hydrogen-bond donors (Lipinski definition) is 0. The van der Waals surface area contributed by atoms with Crippen LogP contribution in [0, 0.1) is 10.8 Å². The van der Waals surface area contributed by atoms with E-state index in [1.807, 2.05) is 13.8 Å². The normalized spacial score (nSPS) is 13.4. The van der Waals surface area contributed by atoms with Crippen LogP contribution in [0.1, 0.15) is 480 Å². The van der Waals surface area contributed by atoms with E-state index in [0.29, 0.717) is 38.5 Å². The molecule has 4 atom stereocenters. The Morgan fingerprint density at radius 1 is 0.190 bits per heavy atom. The number of carbonyl (C=O) groups is 10. The number of carbonyl (C=O) groups excluding carboxylic acids is 10. The lowest BCUT2D eigenvalue weighted by atomic mass is 9.87. The average Bonchev–Trinajstić information content (AvgIpc) is 0.866. The number of rotatable bonds is 85. The fourth-order valence-electron chi connectivity index (χ4n) is 14.9. The summed E-state index contributed by atoms with van der Waals surface area (Å²) in [5, 5.41) is 0. The Bertz CT molecular complexity index is 2150. The molecule has 0 aromatic rings. The van der Waals surface area contributed by atoms with Gasteiger partial charge in [0.2, 0.25) is 0 Å². The fourth-order valence-corrected chi connectivity index (χ4v) is 14.9. The Morgan fingerprint density at radius 2 is 0.328 bits per heavy atom. The zero-order valence-corrected chi connectivity index (χ0v) is 76.0. The van der Waals surface area contributed by atoms with Gasteiger partial charge in [-0.3, -0.25) is 47.9 Å². The minimum absolute atomic E-state index is 0.0788. The highest BCUT2D eigenvalue weighted by Crippen LogP contribution is 2.30. The largest absolute Gasteiger partial charge is 0.465 e. The molecule has 20 heteroatoms. The van der Waals surface area contributed by atoms with Crippen molar-refractivity contribution in [3.63, 3.8) is 0 Å². The van der Waals surface area contributed by atoms with E-state index in [9.17, 15) is 47.9 Å². The molecule has 0 spiro atoms. The van der Waals surface area contributed by atoms with E-state index >= 15 is 0 Å². The first kappa shape index (κ1) is 111. The summed E-state index contributed by atoms with van der Waals surface area (Å²) in [6, 6.07) is 0. The first-order valence-corrected chi connectivity index (χ1v) is 47.7. The standard InChI is InChI=1S/C96H174O20/c1-11-17-21-25-29-37-49-61-85(113-81(7)97)65-53-41-33-45-57-69-89(101)107-75-95(15-5,76-108-90(102)70-58-46-34-42-54-66-86(114-82(8)98)62-50-38-30-26-22-18-12-2)79-111-93(105)73-74-94(106)112-80-96(16-6,77-109-91(103)71-59-47-35-43-55-67-87(115-83(9)99)63-51-39-31-27-23-19-13-3)78-110-92(104)72-60-48-36-44-56-68-88(116-84(10)100)64-52-40-32-28-24-20-14-4/h85-88H,11-80H2,1-10H3. The Labute approximate surface area is 706 Å². The lowest BCUT2D eigenvalue weighted by molar-refractivity contribution is -0.167. The van der Waals surface area contributed by atoms with Gasteiger partial charge < -0.3 is 47.4 Å². The molecule has 0 fully saturated rings. The molecular formula is C96H174O20. The van der Waals surface area contributed by atoms with E-state index in [2.05, 4.69) is 27.7 Å². The van der Waals surface area contributed by atoms with Gasteiger partial charge in [0.05, 0.1) is 23.7 Å². The zero-order chi connectivity index (χ0) is 85.7. The third kappa shape index (κ3) is 70.5. The molecule has 0 rings (SSSR count). The van der Waals surface area contributed by atoms with Gasteiger partial charge in [-0.05, 0) is 141 Å². The summed E-state index contributed by atoms with van der Waals surface area (Å²) in [5.41, 5.74) is -2.18. The topological polar surface area (TPSA) is 263 Å². The molecule has 0 N–H and O–H groups in total. The first-order valence-electron chi connectivity index (χ1n) is 47.7. The molecule has 678 valence electrons. The van der Waals surface area contributed by atoms with Crippen LogP contribution >= 0.6 is 0 Å². The predicted octanol–water partition coefficient (Wildman–Crippen LogP) is 25.0. The molecule has 0 aliphatic carbocycles. The third-order valence-electron chi connectivity index (χ3n) is 22.7. The van der Waals surface area contributed by atoms with Crippen molar-refractivity contribution in [2.75, 3.05) is 39.6 Å². The van der Waals surface area contributed by atoms with Crippen molar-refractivity contribution >= 4 is 59.7 Å². The number of unbranched alkanes of at least 4 members (excludes halogenated alkanes) is 40. The van der Waals surface area contributed by atoms with Crippen LogP contribution < -0.4 is 0 Å². The molecule has 0 aromatic carbocycles. The summed E-state index contributed by atoms with van der Waals surface area (Å²) in [5.74, 6) is -4.11. The smallest absolute Gasteiger partial charge is 0.306 e. The molecule has 0 aromatic heterocycles. The molecule has 0 amide bonds. The Balaban J connectivity index is 6.03. The van der Waals surface area contributed by atoms with E-state index < -0.39 is 46.6 Å². The SMILES string of the molecule is CCCCCCCCCC(CCCCCCCC(=O)OCC(CC)(COC(=O)CCCCCCCC(CCCCCCCCC)OC(C)=O)COC(=O)CCC(=O)OCC(CC)(COC(=O)CCCCCCCC(CCCCCCCCC)OC(C)=O)COC(=O)CCCCCCCC(CCCCCCCCC)OC(C)=O)OC(C)=O. The molecule has 20 nitrogen and oxygen atoms in total. The maximum Gasteiger partial charge on any atom is 0.306 e. The van der Waals surface area contributed by atoms with Crippen LogP contribution in [0.5, 0.6) is 0 Å². The maximum absolute atomic E-state index is 13.6. The molecule has 116 heavy (non-hydrogen) atoms. The van der Waals surface area contributed by atoms with E-state index in [4.69, 9.17) is 47.4 Å². The lowest BCUT2D eigenvalue weighted by Crippen LogP contribution is -2.39. The van der Waals surface area contributed by atoms with Crippen molar-refractivity contribution in [2.45, 2.75) is 505 Å². The number of ether oxygens (including phenoxy) is 10. The van der Waals surface area contributed by atoms with Crippen LogP contribution in [0.25, 0.3) is 0 Å². The van der Waals surface area contributed by atoms with Gasteiger partial charge >= 0.3 is 59.7 Å². The quantitative estimate of drug-likeness (QED) is 0.0311. The van der Waals surface area contributed by atoms with Crippen LogP contribution in [0.3, 0.4) is 0 Å². The van der Waals surface area contributed by atoms with Crippen LogP contribution in [-0.4, -0.2) is 124 Å². The van der Waals surface area contributed by atoms with Gasteiger partial charge in [-0.2, -0.15) is 0 Å². The highest BCUT2D eigenvalue weighted by molar-refractivity contribution is 5.78. The van der Waals surface area contributed by atoms with E-state index in [0.717, 1.165) is 205 Å². The van der Waals surface area contributed by atoms with Crippen molar-refractivity contribution in [2.24, 2.45) is 10.8 Å². The van der Waals surface area contributed by atoms with E-state index in [-0.39, 0.29) is 126 Å². The lowest BCUT2D eigenvalue weighted by Gasteiger charge is -2.31. The van der Waals surface area contributed by atoms with Crippen molar-refractivity contribution < 1.29 is 95.3 Å². The fraction of sp³-hybridized carbons (Fsp3) is 0.896. The summed E-state index contributed by atoms with van der Waals surface area (Å²) >= 11 is 0. The molecular weight excluding hydrogens is 1470 g/mol. The van der Waals surface area contributed by atoms with Gasteiger partial charge in [0.1, 0.15) is 64.1 Å². The summed E-state index contributed by atoms with van der Waals surface area (Å²) in [7, 11) is 0. The molecule has 0 saturated carbocycles. The minimum atomic E-state index is -1.09. The van der Waals surface area contributed by atoms with Gasteiger partial charge in [0.15, 0.2) is 0 Å². The average molecular weight is 1650 g/mol. The van der Waals surface area contributed by atoms with Crippen LogP contribution in [0.15, 0.2) is 0 Å². The number of esters is 10. The zero-order valence-electron chi connectivity index (χ0n) is 76.0. The summed E-state index contributed by atoms with van der Waals surface area (Å²) < 4.78 is 57.9. The Morgan fingerprint density at radius 3 is 0.474 bits per heavy atom. The Kier molecular flexibility index (Phi) is 74.7. The minimum Gasteiger partial charge on any atom is -0.465 e. The molecule has 0 saturated heterocycles. The summed E-state index contributed by atoms with van der Waals surface area (Å²) in [6.07, 6.45) is 57.4. The second-order valence-electron chi connectivity index (χ2n) is 34.0. The number of hydrogen-bond acceptors (Lipinski definition) is 20. The molecule has 0 radical (unpaired) electrons. The van der Waals surface area contributed by atoms with Crippen LogP contribution in [-0.2, 0) is 95.3 Å². The van der Waals surface area contributed by atoms with Crippen molar-refractivity contribution in [3.8, 4) is 0 Å². The second kappa shape index (κ2) is 78.3. The molecule has 0 bridgehead atoms. The highest BCUT2D eigenvalue weighted by atomic mass is 16.6. The second-order valence-corrected chi connectivity index (χ2v) is 34.0. The van der Waals surface area contributed by atoms with Gasteiger partial charge in [-0.25, -0.2) is 0 Å². The molecule has 0 aliphatic rings. The summed E-state index contributed by atoms with van der Waals surface area (Å²) in [6.45, 7) is 17.2. The molecule has 4 unspecified atom stereocenters.